The highest BCUT2D eigenvalue weighted by Crippen LogP contribution is 2.32. The van der Waals surface area contributed by atoms with Crippen molar-refractivity contribution < 1.29 is 52.8 Å². The fraction of sp³-hybridized carbons (Fsp3) is 0.414. The molecule has 0 saturated carbocycles. The zero-order chi connectivity index (χ0) is 36.2. The molecule has 1 aromatic heterocycles. The van der Waals surface area contributed by atoms with E-state index in [1.54, 1.807) is 29.6 Å². The molecule has 268 valence electrons. The van der Waals surface area contributed by atoms with Gasteiger partial charge < -0.3 is 9.80 Å². The SMILES string of the molecule is O=C(N1CCC(c2ccc(S(=O)(=O)Cl)cc2)CC1)C(F)(F)F.O=C(N1CCC(c2ccc(S(=O)(=O)Nc3nccs3)cc2)CC1)C(F)(F)F. The Labute approximate surface area is 286 Å². The van der Waals surface area contributed by atoms with E-state index >= 15 is 0 Å². The molecule has 49 heavy (non-hydrogen) atoms. The Morgan fingerprint density at radius 1 is 0.714 bits per heavy atom. The predicted octanol–water partition coefficient (Wildman–Crippen LogP) is 6.09. The summed E-state index contributed by atoms with van der Waals surface area (Å²) in [4.78, 5) is 27.9. The molecule has 0 aliphatic carbocycles. The van der Waals surface area contributed by atoms with Crippen LogP contribution in [-0.4, -0.2) is 82.0 Å². The molecule has 2 saturated heterocycles. The number of carbonyl (C=O) groups is 2. The second-order valence-corrected chi connectivity index (χ2v) is 16.3. The van der Waals surface area contributed by atoms with Gasteiger partial charge in [0.1, 0.15) is 0 Å². The largest absolute Gasteiger partial charge is 0.471 e. The molecule has 2 amide bonds. The maximum atomic E-state index is 12.5. The number of thiazole rings is 1. The number of aromatic nitrogens is 1. The topological polar surface area (TPSA) is 134 Å². The molecule has 2 aliphatic rings. The summed E-state index contributed by atoms with van der Waals surface area (Å²) in [6, 6.07) is 12.2. The third kappa shape index (κ3) is 10.3. The molecule has 20 heteroatoms. The van der Waals surface area contributed by atoms with Gasteiger partial charge in [0.25, 0.3) is 19.1 Å². The average molecular weight is 775 g/mol. The van der Waals surface area contributed by atoms with Crippen LogP contribution < -0.4 is 4.72 Å². The van der Waals surface area contributed by atoms with E-state index in [0.29, 0.717) is 25.7 Å². The smallest absolute Gasteiger partial charge is 0.335 e. The van der Waals surface area contributed by atoms with Crippen molar-refractivity contribution in [2.24, 2.45) is 0 Å². The van der Waals surface area contributed by atoms with Gasteiger partial charge in [-0.1, -0.05) is 24.3 Å². The van der Waals surface area contributed by atoms with E-state index < -0.39 is 43.2 Å². The molecule has 2 aliphatic heterocycles. The van der Waals surface area contributed by atoms with E-state index in [2.05, 4.69) is 9.71 Å². The van der Waals surface area contributed by atoms with Gasteiger partial charge >= 0.3 is 24.2 Å². The number of hydrogen-bond donors (Lipinski definition) is 1. The number of benzene rings is 2. The Morgan fingerprint density at radius 2 is 1.10 bits per heavy atom. The fourth-order valence-corrected chi connectivity index (χ4v) is 8.02. The van der Waals surface area contributed by atoms with Gasteiger partial charge in [-0.25, -0.2) is 21.8 Å². The van der Waals surface area contributed by atoms with E-state index in [-0.39, 0.29) is 52.9 Å². The summed E-state index contributed by atoms with van der Waals surface area (Å²) in [6.45, 7) is 0.0977. The van der Waals surface area contributed by atoms with Gasteiger partial charge in [0, 0.05) is 48.4 Å². The van der Waals surface area contributed by atoms with Gasteiger partial charge in [-0.05, 0) is 72.9 Å². The summed E-state index contributed by atoms with van der Waals surface area (Å²) in [5, 5.41) is 1.91. The lowest BCUT2D eigenvalue weighted by atomic mass is 9.89. The highest BCUT2D eigenvalue weighted by molar-refractivity contribution is 8.13. The van der Waals surface area contributed by atoms with E-state index in [1.807, 2.05) is 0 Å². The minimum absolute atomic E-state index is 0.00985. The van der Waals surface area contributed by atoms with Gasteiger partial charge in [-0.15, -0.1) is 11.3 Å². The molecule has 1 N–H and O–H groups in total. The zero-order valence-corrected chi connectivity index (χ0v) is 28.5. The Morgan fingerprint density at radius 3 is 1.43 bits per heavy atom. The maximum Gasteiger partial charge on any atom is 0.471 e. The second-order valence-electron chi connectivity index (χ2n) is 11.1. The highest BCUT2D eigenvalue weighted by Gasteiger charge is 2.44. The van der Waals surface area contributed by atoms with Crippen LogP contribution in [0.1, 0.15) is 48.6 Å². The summed E-state index contributed by atoms with van der Waals surface area (Å²) in [7, 11) is -2.32. The van der Waals surface area contributed by atoms with E-state index in [0.717, 1.165) is 32.3 Å². The van der Waals surface area contributed by atoms with Crippen molar-refractivity contribution in [2.75, 3.05) is 30.9 Å². The number of nitrogens with one attached hydrogen (secondary N) is 1. The van der Waals surface area contributed by atoms with Crippen LogP contribution in [0.15, 0.2) is 69.9 Å². The van der Waals surface area contributed by atoms with Crippen molar-refractivity contribution in [1.29, 1.82) is 0 Å². The zero-order valence-electron chi connectivity index (χ0n) is 25.2. The van der Waals surface area contributed by atoms with Crippen LogP contribution in [0.25, 0.3) is 0 Å². The molecule has 0 bridgehead atoms. The van der Waals surface area contributed by atoms with Crippen LogP contribution >= 0.6 is 22.0 Å². The van der Waals surface area contributed by atoms with Gasteiger partial charge in [0.05, 0.1) is 9.79 Å². The highest BCUT2D eigenvalue weighted by atomic mass is 35.7. The number of piperidine rings is 2. The van der Waals surface area contributed by atoms with Crippen LogP contribution in [0.4, 0.5) is 31.5 Å². The quantitative estimate of drug-likeness (QED) is 0.237. The molecule has 0 atom stereocenters. The first-order valence-electron chi connectivity index (χ1n) is 14.5. The molecule has 3 aromatic rings. The number of anilines is 1. The Bertz CT molecular complexity index is 1810. The third-order valence-electron chi connectivity index (χ3n) is 8.00. The molecule has 0 unspecified atom stereocenters. The summed E-state index contributed by atoms with van der Waals surface area (Å²) < 4.78 is 124. The number of halogens is 7. The standard InChI is InChI=1S/C16H16F3N3O3S2.C13H13ClF3NO3S/c17-16(18,19)14(23)22-8-5-12(6-9-22)11-1-3-13(4-2-11)27(24,25)21-15-20-7-10-26-15;14-22(20,21)11-3-1-9(2-4-11)10-5-7-18(8-6-10)12(19)13(15,16)17/h1-4,7,10,12H,5-6,8-9H2,(H,20,21);1-4,10H,5-8H2. The average Bonchev–Trinajstić information content (AvgIpc) is 3.56. The molecule has 10 nitrogen and oxygen atoms in total. The molecule has 3 heterocycles. The Balaban J connectivity index is 0.000000226. The summed E-state index contributed by atoms with van der Waals surface area (Å²) >= 11 is 1.16. The molecule has 5 rings (SSSR count). The monoisotopic (exact) mass is 774 g/mol. The maximum absolute atomic E-state index is 12.5. The van der Waals surface area contributed by atoms with E-state index in [4.69, 9.17) is 10.7 Å². The minimum atomic E-state index is -4.85. The van der Waals surface area contributed by atoms with Crippen molar-refractivity contribution in [3.8, 4) is 0 Å². The normalized spacial score (nSPS) is 16.9. The first-order valence-corrected chi connectivity index (χ1v) is 19.2. The van der Waals surface area contributed by atoms with Crippen LogP contribution in [-0.2, 0) is 28.7 Å². The number of rotatable bonds is 6. The predicted molar refractivity (Wildman–Crippen MR) is 168 cm³/mol. The van der Waals surface area contributed by atoms with Crippen molar-refractivity contribution >= 4 is 58.0 Å². The third-order valence-corrected chi connectivity index (χ3v) is 11.5. The van der Waals surface area contributed by atoms with Crippen LogP contribution in [0.2, 0.25) is 0 Å². The lowest BCUT2D eigenvalue weighted by Gasteiger charge is -2.32. The van der Waals surface area contributed by atoms with Crippen LogP contribution in [0, 0.1) is 0 Å². The molecule has 2 fully saturated rings. The molecule has 0 spiro atoms. The summed E-state index contributed by atoms with van der Waals surface area (Å²) in [5.41, 5.74) is 1.66. The lowest BCUT2D eigenvalue weighted by molar-refractivity contribution is -0.186. The van der Waals surface area contributed by atoms with Gasteiger partial charge in [0.15, 0.2) is 5.13 Å². The first-order chi connectivity index (χ1) is 22.8. The van der Waals surface area contributed by atoms with E-state index in [1.165, 1.54) is 30.5 Å². The summed E-state index contributed by atoms with van der Waals surface area (Å²) in [5.74, 6) is -3.65. The van der Waals surface area contributed by atoms with E-state index in [9.17, 15) is 52.8 Å². The molecular weight excluding hydrogens is 746 g/mol. The molecular formula is C29H29ClF6N4O6S3. The van der Waals surface area contributed by atoms with Gasteiger partial charge in [0.2, 0.25) is 0 Å². The number of alkyl halides is 6. The molecule has 2 aromatic carbocycles. The van der Waals surface area contributed by atoms with Crippen molar-refractivity contribution in [1.82, 2.24) is 14.8 Å². The van der Waals surface area contributed by atoms with Crippen molar-refractivity contribution in [2.45, 2.75) is 59.7 Å². The molecule has 0 radical (unpaired) electrons. The Hall–Kier alpha value is -3.42. The van der Waals surface area contributed by atoms with Gasteiger partial charge in [-0.2, -0.15) is 26.3 Å². The number of nitrogens with zero attached hydrogens (tertiary/aromatic N) is 3. The fourth-order valence-electron chi connectivity index (χ4n) is 5.46. The Kier molecular flexibility index (Phi) is 11.9. The number of likely N-dealkylation sites (tertiary alicyclic amines) is 2. The first kappa shape index (κ1) is 38.4. The number of amides is 2. The number of sulfonamides is 1. The van der Waals surface area contributed by atoms with Gasteiger partial charge in [-0.3, -0.25) is 14.3 Å². The summed E-state index contributed by atoms with van der Waals surface area (Å²) in [6.07, 6.45) is -6.63. The van der Waals surface area contributed by atoms with Crippen LogP contribution in [0.3, 0.4) is 0 Å². The second kappa shape index (κ2) is 15.2. The van der Waals surface area contributed by atoms with Crippen LogP contribution in [0.5, 0.6) is 0 Å². The lowest BCUT2D eigenvalue weighted by Crippen LogP contribution is -2.45. The minimum Gasteiger partial charge on any atom is -0.335 e. The van der Waals surface area contributed by atoms with Crippen molar-refractivity contribution in [3.63, 3.8) is 0 Å². The number of carbonyl (C=O) groups excluding carboxylic acids is 2. The number of hydrogen-bond acceptors (Lipinski definition) is 8. The van der Waals surface area contributed by atoms with Crippen molar-refractivity contribution in [3.05, 3.63) is 71.2 Å².